The molecule has 0 saturated heterocycles. The molecule has 0 aliphatic carbocycles. The number of hydrogen-bond donors (Lipinski definition) is 4. The number of carbonyl (C=O) groups excluding carboxylic acids is 1. The van der Waals surface area contributed by atoms with E-state index in [-0.39, 0.29) is 22.9 Å². The predicted molar refractivity (Wildman–Crippen MR) is 120 cm³/mol. The molecule has 0 radical (unpaired) electrons. The minimum atomic E-state index is -4.58. The van der Waals surface area contributed by atoms with Crippen LogP contribution < -0.4 is 21.1 Å². The number of carboxylic acid groups (broad SMARTS) is 1. The van der Waals surface area contributed by atoms with Crippen molar-refractivity contribution >= 4 is 35.0 Å². The Bertz CT molecular complexity index is 1400. The molecule has 2 amide bonds. The second-order valence-electron chi connectivity index (χ2n) is 7.27. The third-order valence-electron chi connectivity index (χ3n) is 4.70. The van der Waals surface area contributed by atoms with Gasteiger partial charge < -0.3 is 20.9 Å². The highest BCUT2D eigenvalue weighted by atomic mass is 19.4. The van der Waals surface area contributed by atoms with E-state index in [1.807, 2.05) is 0 Å². The minimum Gasteiger partial charge on any atom is -0.482 e. The maximum absolute atomic E-state index is 12.7. The highest BCUT2D eigenvalue weighted by Crippen LogP contribution is 2.30. The Morgan fingerprint density at radius 2 is 1.77 bits per heavy atom. The summed E-state index contributed by atoms with van der Waals surface area (Å²) in [5.74, 6) is -0.987. The largest absolute Gasteiger partial charge is 0.482 e. The molecule has 13 heteroatoms. The van der Waals surface area contributed by atoms with Crippen molar-refractivity contribution in [3.05, 3.63) is 66.4 Å². The zero-order chi connectivity index (χ0) is 25.2. The van der Waals surface area contributed by atoms with E-state index in [9.17, 15) is 22.8 Å². The molecule has 0 fully saturated rings. The summed E-state index contributed by atoms with van der Waals surface area (Å²) in [6.07, 6.45) is -4.07. The molecular formula is C22H17F3N6O4. The van der Waals surface area contributed by atoms with Crippen molar-refractivity contribution in [3.63, 3.8) is 0 Å². The first-order valence-corrected chi connectivity index (χ1v) is 9.95. The van der Waals surface area contributed by atoms with Crippen LogP contribution in [0.4, 0.5) is 35.3 Å². The number of benzene rings is 2. The second kappa shape index (κ2) is 9.21. The number of nitrogens with one attached hydrogen (secondary N) is 2. The van der Waals surface area contributed by atoms with Gasteiger partial charge >= 0.3 is 12.3 Å². The zero-order valence-electron chi connectivity index (χ0n) is 17.7. The summed E-state index contributed by atoms with van der Waals surface area (Å²) in [5, 5.41) is 18.1. The van der Waals surface area contributed by atoms with Gasteiger partial charge in [0.15, 0.2) is 12.3 Å². The van der Waals surface area contributed by atoms with Crippen molar-refractivity contribution in [3.8, 4) is 16.9 Å². The Labute approximate surface area is 195 Å². The molecule has 4 aromatic rings. The molecule has 2 aromatic carbocycles. The number of pyridine rings is 1. The van der Waals surface area contributed by atoms with Crippen molar-refractivity contribution in [2.45, 2.75) is 6.18 Å². The van der Waals surface area contributed by atoms with Crippen molar-refractivity contribution in [2.75, 3.05) is 17.2 Å². The Kier molecular flexibility index (Phi) is 6.14. The number of nitrogens with two attached hydrogens (primary N) is 1. The lowest BCUT2D eigenvalue weighted by Crippen LogP contribution is -2.20. The van der Waals surface area contributed by atoms with E-state index >= 15 is 0 Å². The molecule has 4 rings (SSSR count). The lowest BCUT2D eigenvalue weighted by molar-refractivity contribution is -0.153. The van der Waals surface area contributed by atoms with Crippen LogP contribution >= 0.6 is 0 Å². The van der Waals surface area contributed by atoms with Gasteiger partial charge in [0.05, 0.1) is 5.69 Å². The lowest BCUT2D eigenvalue weighted by atomic mass is 10.1. The molecule has 180 valence electrons. The number of ether oxygens (including phenoxy) is 1. The number of fused-ring (bicyclic) bond motifs is 1. The monoisotopic (exact) mass is 486 g/mol. The molecular weight excluding hydrogens is 469 g/mol. The molecule has 2 aromatic heterocycles. The summed E-state index contributed by atoms with van der Waals surface area (Å²) in [4.78, 5) is 26.5. The predicted octanol–water partition coefficient (Wildman–Crippen LogP) is 4.27. The van der Waals surface area contributed by atoms with Crippen molar-refractivity contribution in [2.24, 2.45) is 5.73 Å². The lowest BCUT2D eigenvalue weighted by Gasteiger charge is -2.14. The number of rotatable bonds is 7. The van der Waals surface area contributed by atoms with Gasteiger partial charge in [0, 0.05) is 23.0 Å². The first-order chi connectivity index (χ1) is 16.6. The van der Waals surface area contributed by atoms with Crippen LogP contribution in [-0.2, 0) is 0 Å². The number of hydrogen-bond acceptors (Lipinski definition) is 6. The van der Waals surface area contributed by atoms with E-state index in [4.69, 9.17) is 15.6 Å². The van der Waals surface area contributed by atoms with Gasteiger partial charge in [0.1, 0.15) is 5.75 Å². The highest BCUT2D eigenvalue weighted by molar-refractivity contribution is 5.94. The standard InChI is InChI=1S/C22H17F3N6O4/c23-22(24,25)11-35-17-9-13(19(26)32)3-7-16(17)28-20-29-18-8-4-14(10-31(18)30-20)12-1-5-15(6-2-12)27-21(33)34/h1-10,27H,11H2,(H2,26,32)(H,28,30)(H,33,34). The maximum atomic E-state index is 12.7. The summed E-state index contributed by atoms with van der Waals surface area (Å²) in [6.45, 7) is -1.56. The van der Waals surface area contributed by atoms with Gasteiger partial charge in [-0.1, -0.05) is 12.1 Å². The third-order valence-corrected chi connectivity index (χ3v) is 4.70. The van der Waals surface area contributed by atoms with Crippen LogP contribution in [0.15, 0.2) is 60.8 Å². The molecule has 0 aliphatic rings. The van der Waals surface area contributed by atoms with E-state index in [0.717, 1.165) is 17.2 Å². The SMILES string of the molecule is NC(=O)c1ccc(Nc2nc3ccc(-c4ccc(NC(=O)O)cc4)cn3n2)c(OCC(F)(F)F)c1. The van der Waals surface area contributed by atoms with Gasteiger partial charge in [0.2, 0.25) is 11.9 Å². The van der Waals surface area contributed by atoms with E-state index in [1.54, 1.807) is 42.6 Å². The normalized spacial score (nSPS) is 11.3. The number of halogens is 3. The molecule has 0 aliphatic heterocycles. The average molecular weight is 486 g/mol. The van der Waals surface area contributed by atoms with E-state index in [0.29, 0.717) is 11.3 Å². The molecule has 0 atom stereocenters. The molecule has 0 bridgehead atoms. The fourth-order valence-corrected chi connectivity index (χ4v) is 3.15. The quantitative estimate of drug-likeness (QED) is 0.305. The Balaban J connectivity index is 1.59. The molecule has 35 heavy (non-hydrogen) atoms. The smallest absolute Gasteiger partial charge is 0.422 e. The number of primary amides is 1. The highest BCUT2D eigenvalue weighted by Gasteiger charge is 2.29. The summed E-state index contributed by atoms with van der Waals surface area (Å²) in [5.41, 5.74) is 7.72. The molecule has 0 unspecified atom stereocenters. The maximum Gasteiger partial charge on any atom is 0.422 e. The van der Waals surface area contributed by atoms with Crippen molar-refractivity contribution in [1.29, 1.82) is 0 Å². The Morgan fingerprint density at radius 3 is 2.43 bits per heavy atom. The van der Waals surface area contributed by atoms with E-state index < -0.39 is 24.8 Å². The summed E-state index contributed by atoms with van der Waals surface area (Å²) < 4.78 is 44.3. The van der Waals surface area contributed by atoms with Gasteiger partial charge in [-0.25, -0.2) is 9.31 Å². The van der Waals surface area contributed by atoms with Crippen LogP contribution in [0.1, 0.15) is 10.4 Å². The fourth-order valence-electron chi connectivity index (χ4n) is 3.15. The second-order valence-corrected chi connectivity index (χ2v) is 7.27. The first kappa shape index (κ1) is 23.4. The molecule has 5 N–H and O–H groups in total. The summed E-state index contributed by atoms with van der Waals surface area (Å²) >= 11 is 0. The molecule has 0 saturated carbocycles. The van der Waals surface area contributed by atoms with Crippen LogP contribution in [0.3, 0.4) is 0 Å². The van der Waals surface area contributed by atoms with Crippen molar-refractivity contribution < 1.29 is 32.6 Å². The van der Waals surface area contributed by atoms with Gasteiger partial charge in [-0.3, -0.25) is 10.1 Å². The number of aromatic nitrogens is 3. The molecule has 10 nitrogen and oxygen atoms in total. The fraction of sp³-hybridized carbons (Fsp3) is 0.0909. The number of nitrogens with zero attached hydrogens (tertiary/aromatic N) is 3. The number of amides is 2. The number of carbonyl (C=O) groups is 2. The summed E-state index contributed by atoms with van der Waals surface area (Å²) in [6, 6.07) is 13.9. The van der Waals surface area contributed by atoms with Crippen LogP contribution in [0.2, 0.25) is 0 Å². The summed E-state index contributed by atoms with van der Waals surface area (Å²) in [7, 11) is 0. The zero-order valence-corrected chi connectivity index (χ0v) is 17.7. The topological polar surface area (TPSA) is 144 Å². The van der Waals surface area contributed by atoms with Gasteiger partial charge in [-0.2, -0.15) is 18.2 Å². The molecule has 2 heterocycles. The third kappa shape index (κ3) is 5.76. The molecule has 0 spiro atoms. The Morgan fingerprint density at radius 1 is 1.06 bits per heavy atom. The van der Waals surface area contributed by atoms with Crippen LogP contribution in [0.5, 0.6) is 5.75 Å². The van der Waals surface area contributed by atoms with Crippen LogP contribution in [0, 0.1) is 0 Å². The number of anilines is 3. The van der Waals surface area contributed by atoms with E-state index in [1.165, 1.54) is 16.6 Å². The minimum absolute atomic E-state index is 0.0232. The van der Waals surface area contributed by atoms with Crippen molar-refractivity contribution in [1.82, 2.24) is 14.6 Å². The first-order valence-electron chi connectivity index (χ1n) is 9.95. The van der Waals surface area contributed by atoms with Gasteiger partial charge in [0.25, 0.3) is 0 Å². The number of alkyl halides is 3. The van der Waals surface area contributed by atoms with Crippen LogP contribution in [-0.4, -0.2) is 44.5 Å². The van der Waals surface area contributed by atoms with E-state index in [2.05, 4.69) is 20.7 Å². The van der Waals surface area contributed by atoms with Gasteiger partial charge in [-0.15, -0.1) is 5.10 Å². The Hall–Kier alpha value is -4.81. The van der Waals surface area contributed by atoms with Gasteiger partial charge in [-0.05, 0) is 48.0 Å². The van der Waals surface area contributed by atoms with Crippen LogP contribution in [0.25, 0.3) is 16.8 Å². The average Bonchev–Trinajstić information content (AvgIpc) is 3.19.